The predicted octanol–water partition coefficient (Wildman–Crippen LogP) is 1.38. The van der Waals surface area contributed by atoms with Gasteiger partial charge in [0.15, 0.2) is 5.82 Å². The predicted molar refractivity (Wildman–Crippen MR) is 66.8 cm³/mol. The smallest absolute Gasteiger partial charge is 0.259 e. The van der Waals surface area contributed by atoms with E-state index in [0.717, 1.165) is 0 Å². The number of nitrogens with one attached hydrogen (secondary N) is 1. The van der Waals surface area contributed by atoms with Crippen molar-refractivity contribution in [2.24, 2.45) is 5.73 Å². The number of nitrogens with zero attached hydrogens (tertiary/aromatic N) is 1. The van der Waals surface area contributed by atoms with E-state index in [1.165, 1.54) is 24.5 Å². The lowest BCUT2D eigenvalue weighted by Crippen LogP contribution is -2.14. The van der Waals surface area contributed by atoms with Crippen molar-refractivity contribution in [1.29, 1.82) is 0 Å². The molecule has 6 heteroatoms. The third-order valence-electron chi connectivity index (χ3n) is 2.23. The second-order valence-corrected chi connectivity index (χ2v) is 3.54. The maximum absolute atomic E-state index is 13.8. The highest BCUT2D eigenvalue weighted by molar-refractivity contribution is 6.03. The first-order valence-corrected chi connectivity index (χ1v) is 5.41. The summed E-state index contributed by atoms with van der Waals surface area (Å²) < 4.78 is 18.3. The summed E-state index contributed by atoms with van der Waals surface area (Å²) in [6.45, 7) is 0.190. The fourth-order valence-electron chi connectivity index (χ4n) is 1.39. The van der Waals surface area contributed by atoms with Crippen LogP contribution in [0.15, 0.2) is 35.1 Å². The second-order valence-electron chi connectivity index (χ2n) is 3.54. The monoisotopic (exact) mass is 259 g/mol. The van der Waals surface area contributed by atoms with E-state index in [1.807, 2.05) is 0 Å². The Morgan fingerprint density at radius 2 is 2.32 bits per heavy atom. The number of hydrogen-bond acceptors (Lipinski definition) is 4. The summed E-state index contributed by atoms with van der Waals surface area (Å²) in [5.74, 6) is 4.24. The molecule has 1 heterocycles. The van der Waals surface area contributed by atoms with E-state index >= 15 is 0 Å². The maximum atomic E-state index is 13.8. The number of benzene rings is 1. The standard InChI is InChI=1S/C13H10FN3O2/c14-11-8-9(2-1-6-15)3-4-10(11)13(18)16-12-5-7-19-17-12/h3-5,7-8H,6,15H2,(H,16,17,18). The van der Waals surface area contributed by atoms with Crippen molar-refractivity contribution in [1.82, 2.24) is 5.16 Å². The van der Waals surface area contributed by atoms with Gasteiger partial charge in [0.05, 0.1) is 12.1 Å². The lowest BCUT2D eigenvalue weighted by Gasteiger charge is -2.03. The summed E-state index contributed by atoms with van der Waals surface area (Å²) in [7, 11) is 0. The fourth-order valence-corrected chi connectivity index (χ4v) is 1.39. The van der Waals surface area contributed by atoms with Crippen LogP contribution in [0.4, 0.5) is 10.2 Å². The van der Waals surface area contributed by atoms with Crippen LogP contribution in [-0.2, 0) is 0 Å². The minimum absolute atomic E-state index is 0.0960. The molecule has 0 atom stereocenters. The first kappa shape index (κ1) is 12.8. The van der Waals surface area contributed by atoms with Crippen molar-refractivity contribution in [3.8, 4) is 11.8 Å². The molecule has 5 nitrogen and oxygen atoms in total. The maximum Gasteiger partial charge on any atom is 0.259 e. The van der Waals surface area contributed by atoms with Crippen LogP contribution in [0.2, 0.25) is 0 Å². The van der Waals surface area contributed by atoms with Crippen molar-refractivity contribution < 1.29 is 13.7 Å². The number of amides is 1. The van der Waals surface area contributed by atoms with Gasteiger partial charge in [0, 0.05) is 11.6 Å². The van der Waals surface area contributed by atoms with Crippen LogP contribution < -0.4 is 11.1 Å². The molecule has 0 unspecified atom stereocenters. The van der Waals surface area contributed by atoms with Gasteiger partial charge in [-0.3, -0.25) is 4.79 Å². The van der Waals surface area contributed by atoms with Crippen molar-refractivity contribution in [3.63, 3.8) is 0 Å². The summed E-state index contributed by atoms with van der Waals surface area (Å²) in [5, 5.41) is 5.91. The van der Waals surface area contributed by atoms with Crippen molar-refractivity contribution >= 4 is 11.7 Å². The summed E-state index contributed by atoms with van der Waals surface area (Å²) in [5.41, 5.74) is 5.58. The minimum atomic E-state index is -0.662. The summed E-state index contributed by atoms with van der Waals surface area (Å²) in [6.07, 6.45) is 1.30. The Kier molecular flexibility index (Phi) is 3.90. The molecule has 2 aromatic rings. The van der Waals surface area contributed by atoms with Gasteiger partial charge in [0.1, 0.15) is 12.1 Å². The molecule has 0 aliphatic carbocycles. The van der Waals surface area contributed by atoms with Gasteiger partial charge in [-0.15, -0.1) is 0 Å². The van der Waals surface area contributed by atoms with E-state index in [9.17, 15) is 9.18 Å². The van der Waals surface area contributed by atoms with E-state index < -0.39 is 11.7 Å². The van der Waals surface area contributed by atoms with Crippen LogP contribution in [0.3, 0.4) is 0 Å². The molecule has 3 N–H and O–H groups in total. The van der Waals surface area contributed by atoms with Gasteiger partial charge >= 0.3 is 0 Å². The van der Waals surface area contributed by atoms with E-state index in [1.54, 1.807) is 6.07 Å². The van der Waals surface area contributed by atoms with E-state index in [4.69, 9.17) is 5.73 Å². The third kappa shape index (κ3) is 3.18. The molecule has 0 radical (unpaired) electrons. The molecule has 0 spiro atoms. The number of rotatable bonds is 2. The quantitative estimate of drug-likeness (QED) is 0.798. The van der Waals surface area contributed by atoms with E-state index in [-0.39, 0.29) is 17.9 Å². The Morgan fingerprint density at radius 1 is 1.47 bits per heavy atom. The van der Waals surface area contributed by atoms with Gasteiger partial charge in [-0.25, -0.2) is 4.39 Å². The average Bonchev–Trinajstić information content (AvgIpc) is 2.89. The van der Waals surface area contributed by atoms with E-state index in [0.29, 0.717) is 5.56 Å². The van der Waals surface area contributed by atoms with Gasteiger partial charge in [-0.05, 0) is 18.2 Å². The molecule has 96 valence electrons. The molecule has 1 amide bonds. The number of carbonyl (C=O) groups is 1. The molecule has 19 heavy (non-hydrogen) atoms. The molecule has 1 aromatic carbocycles. The molecule has 0 saturated carbocycles. The van der Waals surface area contributed by atoms with E-state index in [2.05, 4.69) is 26.8 Å². The lowest BCUT2D eigenvalue weighted by molar-refractivity contribution is 0.102. The first-order valence-electron chi connectivity index (χ1n) is 5.41. The number of hydrogen-bond donors (Lipinski definition) is 2. The fraction of sp³-hybridized carbons (Fsp3) is 0.0769. The molecule has 2 rings (SSSR count). The van der Waals surface area contributed by atoms with Crippen LogP contribution >= 0.6 is 0 Å². The lowest BCUT2D eigenvalue weighted by atomic mass is 10.1. The van der Waals surface area contributed by atoms with Gasteiger partial charge in [0.2, 0.25) is 0 Å². The number of aromatic nitrogens is 1. The summed E-state index contributed by atoms with van der Waals surface area (Å²) >= 11 is 0. The number of halogens is 1. The Hall–Kier alpha value is -2.65. The van der Waals surface area contributed by atoms with Crippen LogP contribution in [0.25, 0.3) is 0 Å². The highest BCUT2D eigenvalue weighted by atomic mass is 19.1. The summed E-state index contributed by atoms with van der Waals surface area (Å²) in [4.78, 5) is 11.8. The minimum Gasteiger partial charge on any atom is -0.363 e. The third-order valence-corrected chi connectivity index (χ3v) is 2.23. The SMILES string of the molecule is NCC#Cc1ccc(C(=O)Nc2ccon2)c(F)c1. The summed E-state index contributed by atoms with van der Waals surface area (Å²) in [6, 6.07) is 5.53. The Morgan fingerprint density at radius 3 is 2.95 bits per heavy atom. The zero-order valence-electron chi connectivity index (χ0n) is 9.81. The molecular formula is C13H10FN3O2. The number of nitrogens with two attached hydrogens (primary N) is 1. The topological polar surface area (TPSA) is 81.2 Å². The zero-order valence-corrected chi connectivity index (χ0v) is 9.81. The van der Waals surface area contributed by atoms with Crippen molar-refractivity contribution in [3.05, 3.63) is 47.5 Å². The molecule has 1 aromatic heterocycles. The Labute approximate surface area is 108 Å². The Bertz CT molecular complexity index is 642. The molecular weight excluding hydrogens is 249 g/mol. The molecule has 0 fully saturated rings. The van der Waals surface area contributed by atoms with Gasteiger partial charge < -0.3 is 15.6 Å². The van der Waals surface area contributed by atoms with Crippen LogP contribution in [0.1, 0.15) is 15.9 Å². The molecule has 0 aliphatic heterocycles. The van der Waals surface area contributed by atoms with Crippen molar-refractivity contribution in [2.45, 2.75) is 0 Å². The van der Waals surface area contributed by atoms with Crippen molar-refractivity contribution in [2.75, 3.05) is 11.9 Å². The highest BCUT2D eigenvalue weighted by Crippen LogP contribution is 2.12. The van der Waals surface area contributed by atoms with Crippen LogP contribution in [-0.4, -0.2) is 17.6 Å². The van der Waals surface area contributed by atoms with Crippen LogP contribution in [0.5, 0.6) is 0 Å². The molecule has 0 saturated heterocycles. The van der Waals surface area contributed by atoms with Crippen LogP contribution in [0, 0.1) is 17.7 Å². The van der Waals surface area contributed by atoms with Gasteiger partial charge in [0.25, 0.3) is 5.91 Å². The normalized spacial score (nSPS) is 9.58. The largest absolute Gasteiger partial charge is 0.363 e. The average molecular weight is 259 g/mol. The molecule has 0 aliphatic rings. The highest BCUT2D eigenvalue weighted by Gasteiger charge is 2.13. The zero-order chi connectivity index (χ0) is 13.7. The Balaban J connectivity index is 2.18. The second kappa shape index (κ2) is 5.80. The first-order chi connectivity index (χ1) is 9.20. The number of anilines is 1. The van der Waals surface area contributed by atoms with Gasteiger partial charge in [-0.1, -0.05) is 17.0 Å². The molecule has 0 bridgehead atoms. The number of carbonyl (C=O) groups excluding carboxylic acids is 1. The van der Waals surface area contributed by atoms with Gasteiger partial charge in [-0.2, -0.15) is 0 Å².